The zero-order valence-corrected chi connectivity index (χ0v) is 8.97. The highest BCUT2D eigenvalue weighted by Crippen LogP contribution is 2.05. The summed E-state index contributed by atoms with van der Waals surface area (Å²) in [6, 6.07) is 1.01. The van der Waals surface area contributed by atoms with E-state index < -0.39 is 0 Å². The van der Waals surface area contributed by atoms with Crippen LogP contribution in [0.5, 0.6) is 0 Å². The first kappa shape index (κ1) is 12.4. The van der Waals surface area contributed by atoms with Crippen LogP contribution in [0.1, 0.15) is 46.0 Å². The van der Waals surface area contributed by atoms with Crippen LogP contribution in [0.4, 0.5) is 0 Å². The third kappa shape index (κ3) is 4.28. The molecule has 0 radical (unpaired) electrons. The zero-order chi connectivity index (χ0) is 10.1. The van der Waals surface area contributed by atoms with E-state index >= 15 is 0 Å². The van der Waals surface area contributed by atoms with E-state index in [4.69, 9.17) is 11.8 Å². The van der Waals surface area contributed by atoms with Gasteiger partial charge in [-0.25, -0.2) is 0 Å². The Morgan fingerprint density at radius 2 is 2.00 bits per heavy atom. The molecule has 0 aromatic rings. The number of rotatable bonds is 4. The monoisotopic (exact) mass is 182 g/mol. The van der Waals surface area contributed by atoms with Crippen molar-refractivity contribution in [2.45, 2.75) is 52.0 Å². The van der Waals surface area contributed by atoms with Gasteiger partial charge in [0.2, 0.25) is 0 Å². The molecule has 1 saturated heterocycles. The molecule has 2 atom stereocenters. The Hall–Kier alpha value is -0.550. The normalized spacial score (nSPS) is 26.5. The van der Waals surface area contributed by atoms with Crippen LogP contribution < -0.4 is 4.90 Å². The fraction of sp³-hybridized carbons (Fsp3) is 0.909. The average molecular weight is 182 g/mol. The van der Waals surface area contributed by atoms with Crippen LogP contribution in [0.3, 0.4) is 0 Å². The first-order valence-corrected chi connectivity index (χ1v) is 5.45. The molecule has 1 aliphatic heterocycles. The average Bonchev–Trinajstić information content (AvgIpc) is 2.58. The molecule has 0 aromatic heterocycles. The van der Waals surface area contributed by atoms with E-state index in [1.807, 2.05) is 4.90 Å². The molecule has 1 heterocycles. The molecule has 13 heavy (non-hydrogen) atoms. The molecule has 1 aliphatic rings. The maximum Gasteiger partial charge on any atom is 0.0876 e. The Morgan fingerprint density at radius 3 is 2.54 bits per heavy atom. The van der Waals surface area contributed by atoms with Crippen molar-refractivity contribution in [2.24, 2.45) is 0 Å². The van der Waals surface area contributed by atoms with Crippen LogP contribution in [0.2, 0.25) is 0 Å². The van der Waals surface area contributed by atoms with Gasteiger partial charge in [0, 0.05) is 12.8 Å². The van der Waals surface area contributed by atoms with Gasteiger partial charge in [0.05, 0.1) is 19.1 Å². The Morgan fingerprint density at radius 1 is 1.31 bits per heavy atom. The minimum absolute atomic E-state index is 1.01. The lowest BCUT2D eigenvalue weighted by molar-refractivity contribution is -0.912. The molecular weight excluding hydrogens is 160 g/mol. The van der Waals surface area contributed by atoms with E-state index in [0.29, 0.717) is 0 Å². The molecule has 0 aromatic carbocycles. The molecule has 2 heteroatoms. The Kier molecular flexibility index (Phi) is 7.73. The topological polar surface area (TPSA) is 28.2 Å². The van der Waals surface area contributed by atoms with Gasteiger partial charge in [0.1, 0.15) is 0 Å². The van der Waals surface area contributed by atoms with Gasteiger partial charge in [-0.05, 0) is 12.8 Å². The van der Waals surface area contributed by atoms with E-state index in [1.54, 1.807) is 0 Å². The largest absolute Gasteiger partial charge is 0.512 e. The first-order valence-electron chi connectivity index (χ1n) is 5.45. The molecule has 1 fully saturated rings. The number of nitrogens with one attached hydrogen (secondary N) is 1. The van der Waals surface area contributed by atoms with Crippen LogP contribution in [0, 0.1) is 11.8 Å². The Labute approximate surface area is 82.5 Å². The lowest BCUT2D eigenvalue weighted by atomic mass is 10.1. The van der Waals surface area contributed by atoms with Gasteiger partial charge in [-0.15, -0.1) is 0 Å². The van der Waals surface area contributed by atoms with Crippen LogP contribution in [0.15, 0.2) is 0 Å². The molecular formula is C11H22N2. The second kappa shape index (κ2) is 8.07. The second-order valence-corrected chi connectivity index (χ2v) is 3.79. The summed E-state index contributed by atoms with van der Waals surface area (Å²) in [5.41, 5.74) is 0. The number of quaternary nitrogens is 1. The quantitative estimate of drug-likeness (QED) is 0.653. The maximum absolute atomic E-state index is 6.25. The van der Waals surface area contributed by atoms with Crippen molar-refractivity contribution in [2.75, 3.05) is 13.1 Å². The number of likely N-dealkylation sites (tertiary alicyclic amines) is 1. The summed E-state index contributed by atoms with van der Waals surface area (Å²) >= 11 is 0. The van der Waals surface area contributed by atoms with Crippen molar-refractivity contribution < 1.29 is 4.90 Å². The van der Waals surface area contributed by atoms with Crippen LogP contribution >= 0.6 is 0 Å². The van der Waals surface area contributed by atoms with Gasteiger partial charge in [0.15, 0.2) is 0 Å². The molecule has 1 rings (SSSR count). The first-order chi connectivity index (χ1) is 6.38. The molecule has 1 N–H and O–H groups in total. The molecule has 0 amide bonds. The van der Waals surface area contributed by atoms with E-state index in [1.165, 1.54) is 45.2 Å². The van der Waals surface area contributed by atoms with Gasteiger partial charge >= 0.3 is 0 Å². The van der Waals surface area contributed by atoms with Gasteiger partial charge in [-0.2, -0.15) is 0 Å². The zero-order valence-electron chi connectivity index (χ0n) is 8.97. The minimum Gasteiger partial charge on any atom is -0.512 e. The summed E-state index contributed by atoms with van der Waals surface area (Å²) in [5, 5.41) is 6.25. The highest BCUT2D eigenvalue weighted by molar-refractivity contribution is 4.61. The van der Waals surface area contributed by atoms with Crippen LogP contribution in [-0.2, 0) is 0 Å². The molecule has 2 nitrogen and oxygen atoms in total. The summed E-state index contributed by atoms with van der Waals surface area (Å²) in [6.07, 6.45) is 7.14. The van der Waals surface area contributed by atoms with Crippen LogP contribution in [-0.4, -0.2) is 19.1 Å². The summed E-state index contributed by atoms with van der Waals surface area (Å²) in [6.45, 7) is 12.2. The van der Waals surface area contributed by atoms with Gasteiger partial charge in [-0.3, -0.25) is 0 Å². The van der Waals surface area contributed by atoms with Gasteiger partial charge in [-0.1, -0.05) is 20.3 Å². The van der Waals surface area contributed by atoms with Crippen molar-refractivity contribution in [3.05, 3.63) is 6.57 Å². The second-order valence-electron chi connectivity index (χ2n) is 3.79. The maximum atomic E-state index is 6.25. The number of hydrogen-bond donors (Lipinski definition) is 1. The van der Waals surface area contributed by atoms with Gasteiger partial charge < -0.3 is 16.7 Å². The highest BCUT2D eigenvalue weighted by atomic mass is 15.2. The van der Waals surface area contributed by atoms with Crippen molar-refractivity contribution in [3.63, 3.8) is 0 Å². The summed E-state index contributed by atoms with van der Waals surface area (Å²) in [5.74, 6) is 0. The molecule has 0 spiro atoms. The van der Waals surface area contributed by atoms with Crippen LogP contribution in [0.25, 0.3) is 0 Å². The molecule has 2 unspecified atom stereocenters. The van der Waals surface area contributed by atoms with Crippen molar-refractivity contribution in [1.29, 1.82) is 5.26 Å². The molecule has 0 aliphatic carbocycles. The lowest BCUT2D eigenvalue weighted by Gasteiger charge is -2.20. The fourth-order valence-corrected chi connectivity index (χ4v) is 2.33. The third-order valence-electron chi connectivity index (χ3n) is 2.84. The SMILES string of the molecule is CCCC1CCC[NH+]1CCC.[C-]#N. The molecule has 76 valence electrons. The van der Waals surface area contributed by atoms with E-state index in [2.05, 4.69) is 13.8 Å². The van der Waals surface area contributed by atoms with Gasteiger partial charge in [0.25, 0.3) is 0 Å². The highest BCUT2D eigenvalue weighted by Gasteiger charge is 2.26. The standard InChI is InChI=1S/C10H21N.CN/c1-3-6-10-7-5-9-11(10)8-4-2;1-2/h10H,3-9H2,1-2H3;/q;-1/p+1. The smallest absolute Gasteiger partial charge is 0.0876 e. The third-order valence-corrected chi connectivity index (χ3v) is 2.84. The predicted octanol–water partition coefficient (Wildman–Crippen LogP) is 1.34. The fourth-order valence-electron chi connectivity index (χ4n) is 2.33. The molecule has 0 bridgehead atoms. The van der Waals surface area contributed by atoms with E-state index in [-0.39, 0.29) is 0 Å². The predicted molar refractivity (Wildman–Crippen MR) is 53.9 cm³/mol. The summed E-state index contributed by atoms with van der Waals surface area (Å²) in [4.78, 5) is 1.88. The van der Waals surface area contributed by atoms with Crippen molar-refractivity contribution in [3.8, 4) is 0 Å². The summed E-state index contributed by atoms with van der Waals surface area (Å²) in [7, 11) is 0. The van der Waals surface area contributed by atoms with E-state index in [9.17, 15) is 0 Å². The number of hydrogen-bond acceptors (Lipinski definition) is 1. The van der Waals surface area contributed by atoms with E-state index in [0.717, 1.165) is 6.04 Å². The summed E-state index contributed by atoms with van der Waals surface area (Å²) < 4.78 is 0. The van der Waals surface area contributed by atoms with Crippen molar-refractivity contribution in [1.82, 2.24) is 0 Å². The molecule has 0 saturated carbocycles. The Balaban J connectivity index is 0.000000671. The lowest BCUT2D eigenvalue weighted by Crippen LogP contribution is -3.13. The number of nitrogens with zero attached hydrogens (tertiary/aromatic N) is 1. The minimum atomic E-state index is 1.01. The van der Waals surface area contributed by atoms with Crippen molar-refractivity contribution >= 4 is 0 Å². The Bertz CT molecular complexity index is 119.